The molecule has 0 saturated carbocycles. The number of ether oxygens (including phenoxy) is 2. The Morgan fingerprint density at radius 2 is 1.92 bits per heavy atom. The molecule has 0 amide bonds. The van der Waals surface area contributed by atoms with Crippen molar-refractivity contribution in [1.29, 1.82) is 0 Å². The SMILES string of the molecule is CCCCNCC1OCCCCO1. The van der Waals surface area contributed by atoms with Crippen LogP contribution in [0.2, 0.25) is 0 Å². The Morgan fingerprint density at radius 1 is 1.23 bits per heavy atom. The average molecular weight is 187 g/mol. The van der Waals surface area contributed by atoms with Gasteiger partial charge in [0.2, 0.25) is 0 Å². The Kier molecular flexibility index (Phi) is 6.15. The van der Waals surface area contributed by atoms with Gasteiger partial charge in [-0.2, -0.15) is 0 Å². The summed E-state index contributed by atoms with van der Waals surface area (Å²) in [4.78, 5) is 0. The summed E-state index contributed by atoms with van der Waals surface area (Å²) in [5, 5.41) is 3.33. The van der Waals surface area contributed by atoms with Crippen molar-refractivity contribution in [2.45, 2.75) is 38.9 Å². The molecule has 1 aliphatic rings. The topological polar surface area (TPSA) is 30.5 Å². The normalized spacial score (nSPS) is 20.1. The van der Waals surface area contributed by atoms with Gasteiger partial charge in [-0.3, -0.25) is 0 Å². The van der Waals surface area contributed by atoms with Crippen LogP contribution >= 0.6 is 0 Å². The Bertz CT molecular complexity index is 111. The van der Waals surface area contributed by atoms with Crippen LogP contribution in [0.15, 0.2) is 0 Å². The van der Waals surface area contributed by atoms with Crippen molar-refractivity contribution in [1.82, 2.24) is 5.32 Å². The number of nitrogens with one attached hydrogen (secondary N) is 1. The van der Waals surface area contributed by atoms with Crippen LogP contribution in [0, 0.1) is 0 Å². The summed E-state index contributed by atoms with van der Waals surface area (Å²) in [6, 6.07) is 0. The van der Waals surface area contributed by atoms with E-state index in [9.17, 15) is 0 Å². The zero-order valence-corrected chi connectivity index (χ0v) is 8.55. The lowest BCUT2D eigenvalue weighted by Gasteiger charge is -2.15. The molecular formula is C10H21NO2. The van der Waals surface area contributed by atoms with Crippen LogP contribution in [0.4, 0.5) is 0 Å². The molecule has 3 nitrogen and oxygen atoms in total. The predicted octanol–water partition coefficient (Wildman–Crippen LogP) is 1.53. The first-order chi connectivity index (χ1) is 6.43. The molecule has 0 aliphatic carbocycles. The van der Waals surface area contributed by atoms with Crippen molar-refractivity contribution in [3.05, 3.63) is 0 Å². The Balaban J connectivity index is 1.98. The molecule has 3 heteroatoms. The zero-order valence-electron chi connectivity index (χ0n) is 8.55. The third-order valence-corrected chi connectivity index (χ3v) is 2.16. The zero-order chi connectivity index (χ0) is 9.36. The van der Waals surface area contributed by atoms with Crippen LogP contribution in [0.5, 0.6) is 0 Å². The molecule has 1 rings (SSSR count). The van der Waals surface area contributed by atoms with Gasteiger partial charge in [-0.1, -0.05) is 13.3 Å². The van der Waals surface area contributed by atoms with Gasteiger partial charge in [0.1, 0.15) is 0 Å². The molecule has 0 aromatic rings. The van der Waals surface area contributed by atoms with Gasteiger partial charge < -0.3 is 14.8 Å². The number of hydrogen-bond donors (Lipinski definition) is 1. The lowest BCUT2D eigenvalue weighted by Crippen LogP contribution is -2.31. The second-order valence-electron chi connectivity index (χ2n) is 3.44. The fraction of sp³-hybridized carbons (Fsp3) is 1.00. The third kappa shape index (κ3) is 5.24. The fourth-order valence-electron chi connectivity index (χ4n) is 1.32. The molecule has 0 atom stereocenters. The molecule has 0 bridgehead atoms. The van der Waals surface area contributed by atoms with Crippen molar-refractivity contribution in [3.8, 4) is 0 Å². The van der Waals surface area contributed by atoms with E-state index in [1.54, 1.807) is 0 Å². The maximum absolute atomic E-state index is 5.50. The molecule has 78 valence electrons. The highest BCUT2D eigenvalue weighted by molar-refractivity contribution is 4.55. The van der Waals surface area contributed by atoms with Gasteiger partial charge in [0, 0.05) is 19.8 Å². The van der Waals surface area contributed by atoms with Gasteiger partial charge in [0.15, 0.2) is 6.29 Å². The maximum Gasteiger partial charge on any atom is 0.169 e. The van der Waals surface area contributed by atoms with Gasteiger partial charge >= 0.3 is 0 Å². The second-order valence-corrected chi connectivity index (χ2v) is 3.44. The molecule has 1 N–H and O–H groups in total. The standard InChI is InChI=1S/C10H21NO2/c1-2-3-6-11-9-10-12-7-4-5-8-13-10/h10-11H,2-9H2,1H3. The molecule has 0 aromatic carbocycles. The van der Waals surface area contributed by atoms with Crippen molar-refractivity contribution in [3.63, 3.8) is 0 Å². The molecule has 0 unspecified atom stereocenters. The van der Waals surface area contributed by atoms with Crippen molar-refractivity contribution in [2.24, 2.45) is 0 Å². The van der Waals surface area contributed by atoms with E-state index in [1.807, 2.05) is 0 Å². The molecule has 0 spiro atoms. The minimum absolute atomic E-state index is 0.0145. The van der Waals surface area contributed by atoms with Gasteiger partial charge in [0.25, 0.3) is 0 Å². The molecule has 13 heavy (non-hydrogen) atoms. The first-order valence-electron chi connectivity index (χ1n) is 5.37. The molecule has 0 radical (unpaired) electrons. The minimum Gasteiger partial charge on any atom is -0.351 e. The summed E-state index contributed by atoms with van der Waals surface area (Å²) in [5.41, 5.74) is 0. The Morgan fingerprint density at radius 3 is 2.54 bits per heavy atom. The van der Waals surface area contributed by atoms with E-state index >= 15 is 0 Å². The summed E-state index contributed by atoms with van der Waals surface area (Å²) in [6.45, 7) is 5.79. The van der Waals surface area contributed by atoms with E-state index in [2.05, 4.69) is 12.2 Å². The molecular weight excluding hydrogens is 166 g/mol. The molecule has 1 fully saturated rings. The van der Waals surface area contributed by atoms with Crippen molar-refractivity contribution < 1.29 is 9.47 Å². The molecule has 1 saturated heterocycles. The van der Waals surface area contributed by atoms with E-state index < -0.39 is 0 Å². The van der Waals surface area contributed by atoms with E-state index in [0.717, 1.165) is 39.1 Å². The van der Waals surface area contributed by atoms with Crippen LogP contribution in [0.25, 0.3) is 0 Å². The first kappa shape index (κ1) is 11.0. The van der Waals surface area contributed by atoms with E-state index in [-0.39, 0.29) is 6.29 Å². The van der Waals surface area contributed by atoms with Crippen LogP contribution in [-0.2, 0) is 9.47 Å². The van der Waals surface area contributed by atoms with Gasteiger partial charge in [-0.15, -0.1) is 0 Å². The highest BCUT2D eigenvalue weighted by atomic mass is 16.7. The van der Waals surface area contributed by atoms with Gasteiger partial charge in [0.05, 0.1) is 0 Å². The summed E-state index contributed by atoms with van der Waals surface area (Å²) in [7, 11) is 0. The largest absolute Gasteiger partial charge is 0.351 e. The highest BCUT2D eigenvalue weighted by Crippen LogP contribution is 2.04. The van der Waals surface area contributed by atoms with Gasteiger partial charge in [-0.25, -0.2) is 0 Å². The van der Waals surface area contributed by atoms with Crippen molar-refractivity contribution >= 4 is 0 Å². The summed E-state index contributed by atoms with van der Waals surface area (Å²) >= 11 is 0. The lowest BCUT2D eigenvalue weighted by atomic mass is 10.3. The summed E-state index contributed by atoms with van der Waals surface area (Å²) < 4.78 is 11.0. The van der Waals surface area contributed by atoms with E-state index in [0.29, 0.717) is 0 Å². The smallest absolute Gasteiger partial charge is 0.169 e. The van der Waals surface area contributed by atoms with Crippen LogP contribution in [0.1, 0.15) is 32.6 Å². The fourth-order valence-corrected chi connectivity index (χ4v) is 1.32. The summed E-state index contributed by atoms with van der Waals surface area (Å²) in [5.74, 6) is 0. The number of unbranched alkanes of at least 4 members (excludes halogenated alkanes) is 1. The molecule has 0 aromatic heterocycles. The first-order valence-corrected chi connectivity index (χ1v) is 5.37. The summed E-state index contributed by atoms with van der Waals surface area (Å²) in [6.07, 6.45) is 4.71. The van der Waals surface area contributed by atoms with Crippen molar-refractivity contribution in [2.75, 3.05) is 26.3 Å². The maximum atomic E-state index is 5.50. The van der Waals surface area contributed by atoms with E-state index in [4.69, 9.17) is 9.47 Å². The quantitative estimate of drug-likeness (QED) is 0.662. The Hall–Kier alpha value is -0.120. The lowest BCUT2D eigenvalue weighted by molar-refractivity contribution is -0.122. The van der Waals surface area contributed by atoms with Crippen LogP contribution in [0.3, 0.4) is 0 Å². The molecule has 1 aliphatic heterocycles. The third-order valence-electron chi connectivity index (χ3n) is 2.16. The predicted molar refractivity (Wildman–Crippen MR) is 52.7 cm³/mol. The average Bonchev–Trinajstić information content (AvgIpc) is 2.41. The number of hydrogen-bond acceptors (Lipinski definition) is 3. The van der Waals surface area contributed by atoms with Gasteiger partial charge in [-0.05, 0) is 25.8 Å². The van der Waals surface area contributed by atoms with Crippen LogP contribution < -0.4 is 5.32 Å². The highest BCUT2D eigenvalue weighted by Gasteiger charge is 2.11. The minimum atomic E-state index is -0.0145. The monoisotopic (exact) mass is 187 g/mol. The van der Waals surface area contributed by atoms with Crippen LogP contribution in [-0.4, -0.2) is 32.6 Å². The number of rotatable bonds is 5. The molecule has 1 heterocycles. The Labute approximate surface area is 80.8 Å². The van der Waals surface area contributed by atoms with E-state index in [1.165, 1.54) is 12.8 Å². The second kappa shape index (κ2) is 7.30.